The zero-order chi connectivity index (χ0) is 32.2. The number of hydrogen-bond acceptors (Lipinski definition) is 1. The summed E-state index contributed by atoms with van der Waals surface area (Å²) in [6, 6.07) is 0. The fourth-order valence-electron chi connectivity index (χ4n) is 6.56. The molecule has 0 aromatic rings. The lowest BCUT2D eigenvalue weighted by Crippen LogP contribution is -2.01. The van der Waals surface area contributed by atoms with Crippen LogP contribution in [0.2, 0.25) is 0 Å². The van der Waals surface area contributed by atoms with Crippen LogP contribution < -0.4 is 0 Å². The summed E-state index contributed by atoms with van der Waals surface area (Å²) in [6.07, 6.45) is 50.8. The van der Waals surface area contributed by atoms with Gasteiger partial charge in [0.2, 0.25) is 0 Å². The second-order valence-corrected chi connectivity index (χ2v) is 14.0. The smallest absolute Gasteiger partial charge is 0.303 e. The summed E-state index contributed by atoms with van der Waals surface area (Å²) in [5.74, 6) is 0.286. The first-order valence-corrected chi connectivity index (χ1v) is 20.2. The number of carbonyl (C=O) groups is 1. The van der Waals surface area contributed by atoms with Crippen molar-refractivity contribution in [2.45, 2.75) is 233 Å². The third-order valence-corrected chi connectivity index (χ3v) is 9.58. The van der Waals surface area contributed by atoms with Gasteiger partial charge >= 0.3 is 5.97 Å². The molecule has 1 N–H and O–H groups in total. The van der Waals surface area contributed by atoms with Crippen molar-refractivity contribution in [3.05, 3.63) is 23.8 Å². The second-order valence-electron chi connectivity index (χ2n) is 14.0. The molecule has 0 fully saturated rings. The van der Waals surface area contributed by atoms with E-state index in [9.17, 15) is 4.79 Å². The van der Waals surface area contributed by atoms with Gasteiger partial charge in [0.15, 0.2) is 0 Å². The monoisotopic (exact) mass is 617 g/mol. The minimum absolute atomic E-state index is 0.341. The zero-order valence-corrected chi connectivity index (χ0v) is 30.5. The molecule has 0 aliphatic carbocycles. The molecule has 2 nitrogen and oxygen atoms in total. The minimum Gasteiger partial charge on any atom is -0.481 e. The summed E-state index contributed by atoms with van der Waals surface area (Å²) in [5.41, 5.74) is 1.76. The van der Waals surface area contributed by atoms with E-state index < -0.39 is 5.97 Å². The Morgan fingerprint density at radius 3 is 1.41 bits per heavy atom. The van der Waals surface area contributed by atoms with Crippen molar-refractivity contribution < 1.29 is 9.90 Å². The molecule has 0 saturated carbocycles. The molecule has 1 atom stereocenters. The molecule has 0 spiro atoms. The predicted octanol–water partition coefficient (Wildman–Crippen LogP) is 15.1. The number of aliphatic carboxylic acids is 1. The van der Waals surface area contributed by atoms with Crippen molar-refractivity contribution in [3.8, 4) is 0 Å². The van der Waals surface area contributed by atoms with Crippen LogP contribution in [0.25, 0.3) is 0 Å². The SMILES string of the molecule is CCCCCCCC/C=C/CCCCCC/C(=C\CCCCCCC(CCCC)CCCCCCCCC(=O)O)CCCC. The lowest BCUT2D eigenvalue weighted by Gasteiger charge is -2.16. The predicted molar refractivity (Wildman–Crippen MR) is 198 cm³/mol. The van der Waals surface area contributed by atoms with Crippen LogP contribution in [-0.4, -0.2) is 11.1 Å². The molecule has 1 unspecified atom stereocenters. The van der Waals surface area contributed by atoms with Gasteiger partial charge in [-0.2, -0.15) is 0 Å². The molecule has 0 rings (SSSR count). The maximum Gasteiger partial charge on any atom is 0.303 e. The molecule has 260 valence electrons. The van der Waals surface area contributed by atoms with E-state index in [1.54, 1.807) is 5.57 Å². The van der Waals surface area contributed by atoms with E-state index in [1.807, 2.05) is 0 Å². The van der Waals surface area contributed by atoms with Gasteiger partial charge in [-0.3, -0.25) is 4.79 Å². The fourth-order valence-corrected chi connectivity index (χ4v) is 6.56. The van der Waals surface area contributed by atoms with Crippen LogP contribution in [0.1, 0.15) is 233 Å². The molecule has 0 aliphatic rings. The Morgan fingerprint density at radius 2 is 0.864 bits per heavy atom. The molecule has 0 bridgehead atoms. The van der Waals surface area contributed by atoms with Crippen molar-refractivity contribution in [2.24, 2.45) is 5.92 Å². The number of rotatable bonds is 36. The van der Waals surface area contributed by atoms with Crippen LogP contribution >= 0.6 is 0 Å². The van der Waals surface area contributed by atoms with Gasteiger partial charge in [-0.15, -0.1) is 0 Å². The molecule has 0 aromatic carbocycles. The molecule has 2 heteroatoms. The molecule has 44 heavy (non-hydrogen) atoms. The number of hydrogen-bond donors (Lipinski definition) is 1. The van der Waals surface area contributed by atoms with Crippen molar-refractivity contribution in [2.75, 3.05) is 0 Å². The number of carboxylic acid groups (broad SMARTS) is 1. The van der Waals surface area contributed by atoms with Gasteiger partial charge in [0.05, 0.1) is 0 Å². The Morgan fingerprint density at radius 1 is 0.455 bits per heavy atom. The Balaban J connectivity index is 3.95. The van der Waals surface area contributed by atoms with Gasteiger partial charge in [-0.25, -0.2) is 0 Å². The summed E-state index contributed by atoms with van der Waals surface area (Å²) in [4.78, 5) is 10.6. The largest absolute Gasteiger partial charge is 0.481 e. The van der Waals surface area contributed by atoms with Crippen molar-refractivity contribution >= 4 is 5.97 Å². The van der Waals surface area contributed by atoms with Gasteiger partial charge in [-0.1, -0.05) is 179 Å². The summed E-state index contributed by atoms with van der Waals surface area (Å²) < 4.78 is 0. The van der Waals surface area contributed by atoms with Crippen molar-refractivity contribution in [1.82, 2.24) is 0 Å². The topological polar surface area (TPSA) is 37.3 Å². The van der Waals surface area contributed by atoms with Crippen LogP contribution in [-0.2, 0) is 4.79 Å². The van der Waals surface area contributed by atoms with E-state index in [2.05, 4.69) is 39.0 Å². The highest BCUT2D eigenvalue weighted by molar-refractivity contribution is 5.66. The molecular formula is C42H80O2. The molecule has 0 aromatic heterocycles. The Labute approximate surface area is 277 Å². The van der Waals surface area contributed by atoms with Crippen LogP contribution in [0.15, 0.2) is 23.8 Å². The standard InChI is InChI=1S/C42H80O2/c1-4-7-10-11-12-13-14-15-16-17-18-19-23-28-35-40(33-8-5-2)37-30-25-22-26-31-38-41(34-9-6-3)36-29-24-20-21-27-32-39-42(43)44/h15-16,37,41H,4-14,17-36,38-39H2,1-3H3,(H,43,44)/b16-15+,40-37-. The third-order valence-electron chi connectivity index (χ3n) is 9.58. The zero-order valence-electron chi connectivity index (χ0n) is 30.5. The highest BCUT2D eigenvalue weighted by Gasteiger charge is 2.08. The van der Waals surface area contributed by atoms with Crippen molar-refractivity contribution in [3.63, 3.8) is 0 Å². The maximum atomic E-state index is 10.6. The molecule has 0 aliphatic heterocycles. The number of unbranched alkanes of at least 4 members (excludes halogenated alkanes) is 21. The van der Waals surface area contributed by atoms with E-state index in [0.717, 1.165) is 18.8 Å². The van der Waals surface area contributed by atoms with E-state index in [0.29, 0.717) is 6.42 Å². The Hall–Kier alpha value is -1.05. The Kier molecular flexibility index (Phi) is 35.5. The summed E-state index contributed by atoms with van der Waals surface area (Å²) in [6.45, 7) is 6.95. The molecule has 0 radical (unpaired) electrons. The molecule has 0 heterocycles. The van der Waals surface area contributed by atoms with E-state index >= 15 is 0 Å². The highest BCUT2D eigenvalue weighted by atomic mass is 16.4. The minimum atomic E-state index is -0.648. The van der Waals surface area contributed by atoms with Gasteiger partial charge < -0.3 is 5.11 Å². The second kappa shape index (κ2) is 36.4. The average molecular weight is 617 g/mol. The number of carboxylic acids is 1. The van der Waals surface area contributed by atoms with Gasteiger partial charge in [0.25, 0.3) is 0 Å². The van der Waals surface area contributed by atoms with Crippen LogP contribution in [0.3, 0.4) is 0 Å². The first kappa shape index (κ1) is 43.0. The third kappa shape index (κ3) is 33.8. The highest BCUT2D eigenvalue weighted by Crippen LogP contribution is 2.24. The summed E-state index contributed by atoms with van der Waals surface area (Å²) in [7, 11) is 0. The summed E-state index contributed by atoms with van der Waals surface area (Å²) >= 11 is 0. The first-order valence-electron chi connectivity index (χ1n) is 20.2. The lowest BCUT2D eigenvalue weighted by atomic mass is 9.90. The van der Waals surface area contributed by atoms with E-state index in [4.69, 9.17) is 5.11 Å². The van der Waals surface area contributed by atoms with Gasteiger partial charge in [0.1, 0.15) is 0 Å². The Bertz CT molecular complexity index is 634. The van der Waals surface area contributed by atoms with Crippen molar-refractivity contribution in [1.29, 1.82) is 0 Å². The fraction of sp³-hybridized carbons (Fsp3) is 0.881. The van der Waals surface area contributed by atoms with E-state index in [-0.39, 0.29) is 0 Å². The first-order chi connectivity index (χ1) is 21.6. The van der Waals surface area contributed by atoms with Gasteiger partial charge in [-0.05, 0) is 76.5 Å². The molecular weight excluding hydrogens is 536 g/mol. The summed E-state index contributed by atoms with van der Waals surface area (Å²) in [5, 5.41) is 8.76. The lowest BCUT2D eigenvalue weighted by molar-refractivity contribution is -0.137. The van der Waals surface area contributed by atoms with Crippen LogP contribution in [0.4, 0.5) is 0 Å². The maximum absolute atomic E-state index is 10.6. The van der Waals surface area contributed by atoms with Crippen LogP contribution in [0.5, 0.6) is 0 Å². The molecule has 0 saturated heterocycles. The van der Waals surface area contributed by atoms with E-state index in [1.165, 1.54) is 193 Å². The normalized spacial score (nSPS) is 12.8. The quantitative estimate of drug-likeness (QED) is 0.0561. The average Bonchev–Trinajstić information content (AvgIpc) is 3.02. The molecule has 0 amide bonds. The van der Waals surface area contributed by atoms with Crippen LogP contribution in [0, 0.1) is 5.92 Å². The van der Waals surface area contributed by atoms with Gasteiger partial charge in [0, 0.05) is 6.42 Å². The number of allylic oxidation sites excluding steroid dienone is 4.